The molecule has 5 nitrogen and oxygen atoms in total. The predicted octanol–water partition coefficient (Wildman–Crippen LogP) is 1.14. The van der Waals surface area contributed by atoms with E-state index in [0.29, 0.717) is 12.3 Å². The van der Waals surface area contributed by atoms with Gasteiger partial charge in [0, 0.05) is 23.9 Å². The van der Waals surface area contributed by atoms with Crippen LogP contribution in [0.2, 0.25) is 0 Å². The number of H-pyrrole nitrogens is 1. The summed E-state index contributed by atoms with van der Waals surface area (Å²) in [6.07, 6.45) is 0. The Bertz CT molecular complexity index is 443. The van der Waals surface area contributed by atoms with Gasteiger partial charge in [0.2, 0.25) is 0 Å². The zero-order chi connectivity index (χ0) is 10.1. The highest BCUT2D eigenvalue weighted by molar-refractivity contribution is 5.58. The van der Waals surface area contributed by atoms with Crippen molar-refractivity contribution in [2.75, 3.05) is 0 Å². The van der Waals surface area contributed by atoms with Gasteiger partial charge in [-0.25, -0.2) is 0 Å². The molecule has 0 atom stereocenters. The van der Waals surface area contributed by atoms with Crippen LogP contribution in [0.15, 0.2) is 10.6 Å². The Morgan fingerprint density at radius 3 is 2.86 bits per heavy atom. The SMILES string of the molecule is Cc1cc(-c2n[nH]c(C)c2CN)on1. The monoisotopic (exact) mass is 192 g/mol. The first-order chi connectivity index (χ1) is 6.72. The molecule has 0 aliphatic rings. The highest BCUT2D eigenvalue weighted by Gasteiger charge is 2.14. The molecule has 0 radical (unpaired) electrons. The molecular formula is C9H12N4O. The smallest absolute Gasteiger partial charge is 0.187 e. The Balaban J connectivity index is 2.51. The van der Waals surface area contributed by atoms with E-state index < -0.39 is 0 Å². The van der Waals surface area contributed by atoms with Crippen LogP contribution in [0.4, 0.5) is 0 Å². The first-order valence-electron chi connectivity index (χ1n) is 4.40. The van der Waals surface area contributed by atoms with E-state index in [2.05, 4.69) is 15.4 Å². The highest BCUT2D eigenvalue weighted by Crippen LogP contribution is 2.23. The fraction of sp³-hybridized carbons (Fsp3) is 0.333. The van der Waals surface area contributed by atoms with Crippen LogP contribution in [0.25, 0.3) is 11.5 Å². The fourth-order valence-corrected chi connectivity index (χ4v) is 1.38. The third-order valence-electron chi connectivity index (χ3n) is 2.14. The van der Waals surface area contributed by atoms with Crippen LogP contribution in [0.3, 0.4) is 0 Å². The normalized spacial score (nSPS) is 10.8. The number of aromatic nitrogens is 3. The summed E-state index contributed by atoms with van der Waals surface area (Å²) in [6.45, 7) is 4.24. The summed E-state index contributed by atoms with van der Waals surface area (Å²) in [5.74, 6) is 0.660. The lowest BCUT2D eigenvalue weighted by molar-refractivity contribution is 0.425. The summed E-state index contributed by atoms with van der Waals surface area (Å²) < 4.78 is 5.12. The molecule has 0 unspecified atom stereocenters. The third kappa shape index (κ3) is 1.31. The van der Waals surface area contributed by atoms with Crippen molar-refractivity contribution in [2.45, 2.75) is 20.4 Å². The Hall–Kier alpha value is -1.62. The van der Waals surface area contributed by atoms with Gasteiger partial charge in [-0.2, -0.15) is 5.10 Å². The van der Waals surface area contributed by atoms with Gasteiger partial charge < -0.3 is 10.3 Å². The van der Waals surface area contributed by atoms with Crippen molar-refractivity contribution >= 4 is 0 Å². The molecule has 14 heavy (non-hydrogen) atoms. The number of aryl methyl sites for hydroxylation is 2. The molecule has 74 valence electrons. The maximum atomic E-state index is 5.62. The minimum absolute atomic E-state index is 0.442. The van der Waals surface area contributed by atoms with E-state index in [9.17, 15) is 0 Å². The number of aromatic amines is 1. The largest absolute Gasteiger partial charge is 0.354 e. The second kappa shape index (κ2) is 3.26. The molecule has 2 aromatic heterocycles. The van der Waals surface area contributed by atoms with Gasteiger partial charge in [-0.15, -0.1) is 0 Å². The molecular weight excluding hydrogens is 180 g/mol. The van der Waals surface area contributed by atoms with E-state index in [1.807, 2.05) is 19.9 Å². The Kier molecular flexibility index (Phi) is 2.09. The van der Waals surface area contributed by atoms with Gasteiger partial charge in [-0.1, -0.05) is 5.16 Å². The molecule has 0 bridgehead atoms. The van der Waals surface area contributed by atoms with Gasteiger partial charge in [-0.3, -0.25) is 5.10 Å². The molecule has 2 rings (SSSR count). The van der Waals surface area contributed by atoms with Gasteiger partial charge in [0.1, 0.15) is 5.69 Å². The second-order valence-electron chi connectivity index (χ2n) is 3.21. The lowest BCUT2D eigenvalue weighted by Crippen LogP contribution is -1.98. The number of hydrogen-bond acceptors (Lipinski definition) is 4. The molecule has 0 aliphatic carbocycles. The molecule has 0 spiro atoms. The van der Waals surface area contributed by atoms with Crippen molar-refractivity contribution in [1.82, 2.24) is 15.4 Å². The summed E-state index contributed by atoms with van der Waals surface area (Å²) in [4.78, 5) is 0. The number of rotatable bonds is 2. The molecule has 0 saturated heterocycles. The first-order valence-corrected chi connectivity index (χ1v) is 4.40. The minimum Gasteiger partial charge on any atom is -0.354 e. The van der Waals surface area contributed by atoms with Crippen LogP contribution >= 0.6 is 0 Å². The van der Waals surface area contributed by atoms with Crippen LogP contribution in [0, 0.1) is 13.8 Å². The standard InChI is InChI=1S/C9H12N4O/c1-5-3-8(14-13-5)9-7(4-10)6(2)11-12-9/h3H,4,10H2,1-2H3,(H,11,12). The van der Waals surface area contributed by atoms with Gasteiger partial charge in [0.15, 0.2) is 5.76 Å². The molecule has 0 amide bonds. The van der Waals surface area contributed by atoms with Gasteiger partial charge >= 0.3 is 0 Å². The number of nitrogens with two attached hydrogens (primary N) is 1. The second-order valence-corrected chi connectivity index (χ2v) is 3.21. The van der Waals surface area contributed by atoms with E-state index in [1.165, 1.54) is 0 Å². The molecule has 3 N–H and O–H groups in total. The average Bonchev–Trinajstić information content (AvgIpc) is 2.71. The molecule has 0 aliphatic heterocycles. The van der Waals surface area contributed by atoms with E-state index in [1.54, 1.807) is 0 Å². The Labute approximate surface area is 81.3 Å². The lowest BCUT2D eigenvalue weighted by Gasteiger charge is -1.94. The number of hydrogen-bond donors (Lipinski definition) is 2. The number of nitrogens with zero attached hydrogens (tertiary/aromatic N) is 2. The van der Waals surface area contributed by atoms with Crippen LogP contribution in [-0.2, 0) is 6.54 Å². The van der Waals surface area contributed by atoms with Crippen molar-refractivity contribution in [3.8, 4) is 11.5 Å². The molecule has 2 heterocycles. The summed E-state index contributed by atoms with van der Waals surface area (Å²) in [6, 6.07) is 1.84. The summed E-state index contributed by atoms with van der Waals surface area (Å²) in [7, 11) is 0. The van der Waals surface area contributed by atoms with Crippen molar-refractivity contribution in [3.63, 3.8) is 0 Å². The minimum atomic E-state index is 0.442. The average molecular weight is 192 g/mol. The van der Waals surface area contributed by atoms with Crippen LogP contribution in [0.1, 0.15) is 17.0 Å². The lowest BCUT2D eigenvalue weighted by atomic mass is 10.1. The topological polar surface area (TPSA) is 80.7 Å². The highest BCUT2D eigenvalue weighted by atomic mass is 16.5. The maximum Gasteiger partial charge on any atom is 0.187 e. The fourth-order valence-electron chi connectivity index (χ4n) is 1.38. The van der Waals surface area contributed by atoms with E-state index >= 15 is 0 Å². The quantitative estimate of drug-likeness (QED) is 0.747. The first kappa shape index (κ1) is 8.96. The van der Waals surface area contributed by atoms with Gasteiger partial charge in [0.25, 0.3) is 0 Å². The van der Waals surface area contributed by atoms with Crippen LogP contribution in [0.5, 0.6) is 0 Å². The van der Waals surface area contributed by atoms with E-state index in [0.717, 1.165) is 22.6 Å². The van der Waals surface area contributed by atoms with Crippen molar-refractivity contribution in [1.29, 1.82) is 0 Å². The number of nitrogens with one attached hydrogen (secondary N) is 1. The molecule has 2 aromatic rings. The maximum absolute atomic E-state index is 5.62. The van der Waals surface area contributed by atoms with E-state index in [4.69, 9.17) is 10.3 Å². The van der Waals surface area contributed by atoms with Crippen molar-refractivity contribution < 1.29 is 4.52 Å². The van der Waals surface area contributed by atoms with Gasteiger partial charge in [0.05, 0.1) is 5.69 Å². The van der Waals surface area contributed by atoms with Crippen LogP contribution in [-0.4, -0.2) is 15.4 Å². The van der Waals surface area contributed by atoms with E-state index in [-0.39, 0.29) is 0 Å². The zero-order valence-electron chi connectivity index (χ0n) is 8.16. The zero-order valence-corrected chi connectivity index (χ0v) is 8.16. The molecule has 0 fully saturated rings. The molecule has 5 heteroatoms. The van der Waals surface area contributed by atoms with Gasteiger partial charge in [-0.05, 0) is 13.8 Å². The predicted molar refractivity (Wildman–Crippen MR) is 51.5 cm³/mol. The van der Waals surface area contributed by atoms with Crippen molar-refractivity contribution in [3.05, 3.63) is 23.0 Å². The molecule has 0 saturated carbocycles. The Morgan fingerprint density at radius 2 is 2.29 bits per heavy atom. The summed E-state index contributed by atoms with van der Waals surface area (Å²) in [5, 5.41) is 10.8. The van der Waals surface area contributed by atoms with Crippen LogP contribution < -0.4 is 5.73 Å². The summed E-state index contributed by atoms with van der Waals surface area (Å²) >= 11 is 0. The van der Waals surface area contributed by atoms with Crippen molar-refractivity contribution in [2.24, 2.45) is 5.73 Å². The third-order valence-corrected chi connectivity index (χ3v) is 2.14. The summed E-state index contributed by atoms with van der Waals surface area (Å²) in [5.41, 5.74) is 9.15. The Morgan fingerprint density at radius 1 is 1.50 bits per heavy atom. The molecule has 0 aromatic carbocycles.